The first kappa shape index (κ1) is 14.0. The van der Waals surface area contributed by atoms with Gasteiger partial charge in [0.25, 0.3) is 0 Å². The summed E-state index contributed by atoms with van der Waals surface area (Å²) in [4.78, 5) is 22.6. The average molecular weight is 255 g/mol. The van der Waals surface area contributed by atoms with Gasteiger partial charge in [-0.1, -0.05) is 12.1 Å². The van der Waals surface area contributed by atoms with Crippen LogP contribution in [0.2, 0.25) is 0 Å². The molecule has 1 aromatic rings. The number of methoxy groups -OCH3 is 2. The summed E-state index contributed by atoms with van der Waals surface area (Å²) in [6, 6.07) is 4.76. The molecule has 18 heavy (non-hydrogen) atoms. The van der Waals surface area contributed by atoms with Crippen LogP contribution in [0.5, 0.6) is 0 Å². The number of halogens is 1. The Bertz CT molecular complexity index is 419. The van der Waals surface area contributed by atoms with E-state index >= 15 is 0 Å². The Morgan fingerprint density at radius 1 is 1.22 bits per heavy atom. The SMILES string of the molecule is COC(=O)N[C@@H](Cc1ccc(F)cc1)C(=O)OC. The summed E-state index contributed by atoms with van der Waals surface area (Å²) in [6.07, 6.45) is -0.533. The summed E-state index contributed by atoms with van der Waals surface area (Å²) in [7, 11) is 2.42. The highest BCUT2D eigenvalue weighted by Crippen LogP contribution is 2.07. The lowest BCUT2D eigenvalue weighted by molar-refractivity contribution is -0.142. The summed E-state index contributed by atoms with van der Waals surface area (Å²) in [5.74, 6) is -0.959. The lowest BCUT2D eigenvalue weighted by atomic mass is 10.1. The van der Waals surface area contributed by atoms with Crippen molar-refractivity contribution in [3.05, 3.63) is 35.6 Å². The Balaban J connectivity index is 2.74. The third-order valence-electron chi connectivity index (χ3n) is 2.32. The minimum Gasteiger partial charge on any atom is -0.467 e. The Hall–Kier alpha value is -2.11. The number of carbonyl (C=O) groups is 2. The van der Waals surface area contributed by atoms with Gasteiger partial charge in [0.2, 0.25) is 0 Å². The molecular weight excluding hydrogens is 241 g/mol. The van der Waals surface area contributed by atoms with E-state index in [9.17, 15) is 14.0 Å². The molecule has 0 unspecified atom stereocenters. The topological polar surface area (TPSA) is 64.6 Å². The molecule has 1 amide bonds. The molecule has 1 atom stereocenters. The van der Waals surface area contributed by atoms with Gasteiger partial charge in [-0.3, -0.25) is 0 Å². The maximum atomic E-state index is 12.7. The van der Waals surface area contributed by atoms with Gasteiger partial charge in [0.1, 0.15) is 11.9 Å². The van der Waals surface area contributed by atoms with Crippen molar-refractivity contribution in [2.45, 2.75) is 12.5 Å². The molecule has 0 bridgehead atoms. The van der Waals surface area contributed by atoms with Crippen molar-refractivity contribution in [1.29, 1.82) is 0 Å². The van der Waals surface area contributed by atoms with Gasteiger partial charge in [-0.15, -0.1) is 0 Å². The number of amides is 1. The van der Waals surface area contributed by atoms with E-state index in [2.05, 4.69) is 14.8 Å². The summed E-state index contributed by atoms with van der Waals surface area (Å²) in [5.41, 5.74) is 0.697. The third kappa shape index (κ3) is 4.04. The fraction of sp³-hybridized carbons (Fsp3) is 0.333. The largest absolute Gasteiger partial charge is 0.467 e. The Morgan fingerprint density at radius 2 is 1.83 bits per heavy atom. The van der Waals surface area contributed by atoms with Crippen LogP contribution in [-0.2, 0) is 20.7 Å². The number of alkyl carbamates (subject to hydrolysis) is 1. The molecule has 0 saturated carbocycles. The van der Waals surface area contributed by atoms with E-state index in [4.69, 9.17) is 0 Å². The molecule has 0 radical (unpaired) electrons. The first-order valence-electron chi connectivity index (χ1n) is 5.23. The van der Waals surface area contributed by atoms with Gasteiger partial charge in [-0.25, -0.2) is 14.0 Å². The van der Waals surface area contributed by atoms with Crippen molar-refractivity contribution in [1.82, 2.24) is 5.32 Å². The molecule has 0 aromatic heterocycles. The van der Waals surface area contributed by atoms with Gasteiger partial charge in [-0.05, 0) is 17.7 Å². The zero-order chi connectivity index (χ0) is 13.5. The van der Waals surface area contributed by atoms with Crippen LogP contribution in [-0.4, -0.2) is 32.3 Å². The smallest absolute Gasteiger partial charge is 0.407 e. The normalized spacial score (nSPS) is 11.5. The Kier molecular flexibility index (Phi) is 5.10. The Morgan fingerprint density at radius 3 is 2.33 bits per heavy atom. The average Bonchev–Trinajstić information content (AvgIpc) is 2.39. The van der Waals surface area contributed by atoms with Gasteiger partial charge < -0.3 is 14.8 Å². The molecule has 0 fully saturated rings. The molecule has 0 heterocycles. The van der Waals surface area contributed by atoms with Crippen molar-refractivity contribution in [3.63, 3.8) is 0 Å². The molecule has 6 heteroatoms. The van der Waals surface area contributed by atoms with E-state index in [1.807, 2.05) is 0 Å². The second-order valence-electron chi connectivity index (χ2n) is 3.54. The minimum absolute atomic E-state index is 0.196. The zero-order valence-electron chi connectivity index (χ0n) is 10.1. The molecule has 0 aliphatic rings. The van der Waals surface area contributed by atoms with Crippen molar-refractivity contribution in [2.24, 2.45) is 0 Å². The minimum atomic E-state index is -0.868. The molecule has 0 saturated heterocycles. The second kappa shape index (κ2) is 6.58. The van der Waals surface area contributed by atoms with Crippen LogP contribution in [0.15, 0.2) is 24.3 Å². The molecule has 1 aromatic carbocycles. The lowest BCUT2D eigenvalue weighted by Crippen LogP contribution is -2.42. The van der Waals surface area contributed by atoms with Crippen molar-refractivity contribution in [2.75, 3.05) is 14.2 Å². The number of esters is 1. The lowest BCUT2D eigenvalue weighted by Gasteiger charge is -2.15. The molecule has 0 aliphatic heterocycles. The van der Waals surface area contributed by atoms with Crippen molar-refractivity contribution < 1.29 is 23.5 Å². The number of hydrogen-bond acceptors (Lipinski definition) is 4. The molecule has 5 nitrogen and oxygen atoms in total. The molecule has 1 N–H and O–H groups in total. The molecule has 1 rings (SSSR count). The maximum Gasteiger partial charge on any atom is 0.407 e. The van der Waals surface area contributed by atoms with E-state index in [0.717, 1.165) is 0 Å². The predicted octanol–water partition coefficient (Wildman–Crippen LogP) is 1.27. The zero-order valence-corrected chi connectivity index (χ0v) is 10.1. The monoisotopic (exact) mass is 255 g/mol. The highest BCUT2D eigenvalue weighted by molar-refractivity contribution is 5.81. The van der Waals surface area contributed by atoms with E-state index in [0.29, 0.717) is 5.56 Å². The third-order valence-corrected chi connectivity index (χ3v) is 2.32. The van der Waals surface area contributed by atoms with E-state index in [-0.39, 0.29) is 12.2 Å². The quantitative estimate of drug-likeness (QED) is 0.823. The van der Waals surface area contributed by atoms with E-state index < -0.39 is 18.1 Å². The number of hydrogen-bond donors (Lipinski definition) is 1. The molecule has 98 valence electrons. The predicted molar refractivity (Wildman–Crippen MR) is 61.4 cm³/mol. The first-order valence-corrected chi connectivity index (χ1v) is 5.23. The van der Waals surface area contributed by atoms with Gasteiger partial charge in [-0.2, -0.15) is 0 Å². The van der Waals surface area contributed by atoms with Crippen LogP contribution in [0.1, 0.15) is 5.56 Å². The Labute approximate surface area is 104 Å². The number of ether oxygens (including phenoxy) is 2. The number of carbonyl (C=O) groups excluding carboxylic acids is 2. The summed E-state index contributed by atoms with van der Waals surface area (Å²) in [6.45, 7) is 0. The van der Waals surface area contributed by atoms with Crippen LogP contribution < -0.4 is 5.32 Å². The molecule has 0 spiro atoms. The van der Waals surface area contributed by atoms with Crippen molar-refractivity contribution >= 4 is 12.1 Å². The standard InChI is InChI=1S/C12H14FNO4/c1-17-11(15)10(14-12(16)18-2)7-8-3-5-9(13)6-4-8/h3-6,10H,7H2,1-2H3,(H,14,16)/t10-/m0/s1. The fourth-order valence-electron chi connectivity index (χ4n) is 1.39. The highest BCUT2D eigenvalue weighted by atomic mass is 19.1. The van der Waals surface area contributed by atoms with Gasteiger partial charge in [0.15, 0.2) is 0 Å². The van der Waals surface area contributed by atoms with E-state index in [1.54, 1.807) is 0 Å². The van der Waals surface area contributed by atoms with Gasteiger partial charge >= 0.3 is 12.1 Å². The van der Waals surface area contributed by atoms with Crippen LogP contribution in [0, 0.1) is 5.82 Å². The summed E-state index contributed by atoms with van der Waals surface area (Å²) in [5, 5.41) is 2.35. The number of rotatable bonds is 4. The summed E-state index contributed by atoms with van der Waals surface area (Å²) < 4.78 is 21.7. The number of nitrogens with one attached hydrogen (secondary N) is 1. The molecule has 0 aliphatic carbocycles. The van der Waals surface area contributed by atoms with Gasteiger partial charge in [0.05, 0.1) is 14.2 Å². The fourth-order valence-corrected chi connectivity index (χ4v) is 1.39. The highest BCUT2D eigenvalue weighted by Gasteiger charge is 2.22. The maximum absolute atomic E-state index is 12.7. The van der Waals surface area contributed by atoms with Crippen LogP contribution in [0.4, 0.5) is 9.18 Å². The van der Waals surface area contributed by atoms with Crippen LogP contribution >= 0.6 is 0 Å². The van der Waals surface area contributed by atoms with Crippen molar-refractivity contribution in [3.8, 4) is 0 Å². The molecular formula is C12H14FNO4. The van der Waals surface area contributed by atoms with Crippen LogP contribution in [0.25, 0.3) is 0 Å². The second-order valence-corrected chi connectivity index (χ2v) is 3.54. The van der Waals surface area contributed by atoms with Gasteiger partial charge in [0, 0.05) is 6.42 Å². The number of benzene rings is 1. The summed E-state index contributed by atoms with van der Waals surface area (Å²) >= 11 is 0. The first-order chi connectivity index (χ1) is 8.56. The van der Waals surface area contributed by atoms with E-state index in [1.165, 1.54) is 38.5 Å². The van der Waals surface area contributed by atoms with Crippen LogP contribution in [0.3, 0.4) is 0 Å².